The molecule has 0 spiro atoms. The van der Waals surface area contributed by atoms with Crippen LogP contribution in [0, 0.1) is 0 Å². The number of sulfonamides is 1. The molecule has 4 rings (SSSR count). The number of carbonyl (C=O) groups excluding carboxylic acids is 1. The van der Waals surface area contributed by atoms with Gasteiger partial charge < -0.3 is 9.32 Å². The Bertz CT molecular complexity index is 992. The number of furan rings is 1. The fourth-order valence-electron chi connectivity index (χ4n) is 4.58. The number of rotatable bonds is 6. The molecular weight excluding hydrogens is 400 g/mol. The molecule has 1 aliphatic heterocycles. The van der Waals surface area contributed by atoms with Gasteiger partial charge in [-0.05, 0) is 61.8 Å². The second kappa shape index (κ2) is 8.94. The highest BCUT2D eigenvalue weighted by molar-refractivity contribution is 7.89. The van der Waals surface area contributed by atoms with Gasteiger partial charge in [0.05, 0.1) is 0 Å². The van der Waals surface area contributed by atoms with Gasteiger partial charge in [-0.1, -0.05) is 37.6 Å². The van der Waals surface area contributed by atoms with Crippen LogP contribution in [-0.4, -0.2) is 49.2 Å². The van der Waals surface area contributed by atoms with Crippen LogP contribution in [0.15, 0.2) is 45.9 Å². The average molecular weight is 431 g/mol. The van der Waals surface area contributed by atoms with Gasteiger partial charge in [0.2, 0.25) is 5.09 Å². The van der Waals surface area contributed by atoms with Crippen molar-refractivity contribution in [2.75, 3.05) is 19.6 Å². The predicted molar refractivity (Wildman–Crippen MR) is 115 cm³/mol. The number of nitrogens with zero attached hydrogens (tertiary/aromatic N) is 2. The molecule has 1 fully saturated rings. The van der Waals surface area contributed by atoms with Gasteiger partial charge >= 0.3 is 0 Å². The molecule has 2 heterocycles. The van der Waals surface area contributed by atoms with E-state index < -0.39 is 10.0 Å². The maximum absolute atomic E-state index is 13.3. The number of fused-ring (bicyclic) bond motifs is 1. The number of hydrogen-bond donors (Lipinski definition) is 0. The third-order valence-corrected chi connectivity index (χ3v) is 7.96. The molecule has 0 bridgehead atoms. The van der Waals surface area contributed by atoms with E-state index in [0.717, 1.165) is 44.9 Å². The van der Waals surface area contributed by atoms with Crippen molar-refractivity contribution < 1.29 is 17.6 Å². The van der Waals surface area contributed by atoms with Crippen molar-refractivity contribution in [3.63, 3.8) is 0 Å². The largest absolute Gasteiger partial charge is 0.438 e. The van der Waals surface area contributed by atoms with Crippen LogP contribution in [0.2, 0.25) is 0 Å². The summed E-state index contributed by atoms with van der Waals surface area (Å²) in [6.45, 7) is 3.69. The van der Waals surface area contributed by atoms with Crippen molar-refractivity contribution in [2.24, 2.45) is 0 Å². The lowest BCUT2D eigenvalue weighted by atomic mass is 9.87. The van der Waals surface area contributed by atoms with E-state index in [2.05, 4.69) is 18.2 Å². The maximum Gasteiger partial charge on any atom is 0.289 e. The third-order valence-electron chi connectivity index (χ3n) is 6.19. The summed E-state index contributed by atoms with van der Waals surface area (Å²) in [5, 5.41) is -0.127. The van der Waals surface area contributed by atoms with Crippen LogP contribution in [0.25, 0.3) is 0 Å². The van der Waals surface area contributed by atoms with E-state index >= 15 is 0 Å². The molecule has 0 radical (unpaired) electrons. The second-order valence-electron chi connectivity index (χ2n) is 8.25. The summed E-state index contributed by atoms with van der Waals surface area (Å²) in [5.41, 5.74) is 2.64. The molecule has 6 nitrogen and oxygen atoms in total. The molecule has 0 N–H and O–H groups in total. The third kappa shape index (κ3) is 4.18. The van der Waals surface area contributed by atoms with Crippen LogP contribution in [0.5, 0.6) is 0 Å². The topological polar surface area (TPSA) is 70.8 Å². The molecule has 1 aliphatic carbocycles. The highest BCUT2D eigenvalue weighted by atomic mass is 32.2. The van der Waals surface area contributed by atoms with Gasteiger partial charge in [0.15, 0.2) is 5.76 Å². The molecule has 0 saturated carbocycles. The molecule has 1 atom stereocenters. The Balaban J connectivity index is 1.53. The van der Waals surface area contributed by atoms with Gasteiger partial charge in [-0.3, -0.25) is 4.79 Å². The first-order valence-electron chi connectivity index (χ1n) is 11.0. The number of hydrogen-bond acceptors (Lipinski definition) is 4. The zero-order valence-electron chi connectivity index (χ0n) is 17.5. The SMILES string of the molecule is CCCN(C(=O)c1ccc(S(=O)(=O)N2CCCCC2)o1)C1CCc2ccccc2C1. The fourth-order valence-corrected chi connectivity index (χ4v) is 6.01. The van der Waals surface area contributed by atoms with Crippen molar-refractivity contribution in [1.82, 2.24) is 9.21 Å². The summed E-state index contributed by atoms with van der Waals surface area (Å²) < 4.78 is 32.8. The molecule has 162 valence electrons. The van der Waals surface area contributed by atoms with E-state index in [0.29, 0.717) is 19.6 Å². The number of carbonyl (C=O) groups is 1. The number of amides is 1. The standard InChI is InChI=1S/C23H30N2O4S/c1-2-14-25(20-11-10-18-8-4-5-9-19(18)17-20)23(26)21-12-13-22(29-21)30(27,28)24-15-6-3-7-16-24/h4-5,8-9,12-13,20H,2-3,6-7,10-11,14-17H2,1H3. The molecule has 1 amide bonds. The van der Waals surface area contributed by atoms with E-state index in [1.54, 1.807) is 0 Å². The Kier molecular flexibility index (Phi) is 6.29. The Morgan fingerprint density at radius 3 is 2.57 bits per heavy atom. The van der Waals surface area contributed by atoms with Crippen molar-refractivity contribution in [1.29, 1.82) is 0 Å². The highest BCUT2D eigenvalue weighted by Gasteiger charge is 2.32. The van der Waals surface area contributed by atoms with Crippen LogP contribution in [0.4, 0.5) is 0 Å². The Morgan fingerprint density at radius 1 is 1.10 bits per heavy atom. The molecule has 1 aromatic carbocycles. The summed E-state index contributed by atoms with van der Waals surface area (Å²) in [4.78, 5) is 15.2. The molecule has 2 aromatic rings. The zero-order valence-corrected chi connectivity index (χ0v) is 18.4. The van der Waals surface area contributed by atoms with Crippen molar-refractivity contribution in [2.45, 2.75) is 63.0 Å². The molecule has 1 aromatic heterocycles. The predicted octanol–water partition coefficient (Wildman–Crippen LogP) is 3.86. The van der Waals surface area contributed by atoms with Crippen molar-refractivity contribution in [3.05, 3.63) is 53.3 Å². The summed E-state index contributed by atoms with van der Waals surface area (Å²) in [5.74, 6) is -0.112. The van der Waals surface area contributed by atoms with Crippen molar-refractivity contribution in [3.8, 4) is 0 Å². The highest BCUT2D eigenvalue weighted by Crippen LogP contribution is 2.27. The van der Waals surface area contributed by atoms with Gasteiger partial charge in [-0.2, -0.15) is 4.31 Å². The average Bonchev–Trinajstić information content (AvgIpc) is 3.28. The number of aryl methyl sites for hydroxylation is 1. The molecule has 7 heteroatoms. The van der Waals surface area contributed by atoms with Gasteiger partial charge in [0.25, 0.3) is 15.9 Å². The quantitative estimate of drug-likeness (QED) is 0.698. The lowest BCUT2D eigenvalue weighted by molar-refractivity contribution is 0.0623. The van der Waals surface area contributed by atoms with Crippen LogP contribution in [0.1, 0.15) is 60.7 Å². The first kappa shape index (κ1) is 21.1. The molecule has 1 unspecified atom stereocenters. The summed E-state index contributed by atoms with van der Waals surface area (Å²) in [6, 6.07) is 11.4. The smallest absolute Gasteiger partial charge is 0.289 e. The van der Waals surface area contributed by atoms with Crippen molar-refractivity contribution >= 4 is 15.9 Å². The minimum Gasteiger partial charge on any atom is -0.438 e. The number of benzene rings is 1. The van der Waals surface area contributed by atoms with Gasteiger partial charge in [-0.15, -0.1) is 0 Å². The minimum absolute atomic E-state index is 0.0969. The molecular formula is C23H30N2O4S. The van der Waals surface area contributed by atoms with Crippen LogP contribution < -0.4 is 0 Å². The Labute approximate surface area is 178 Å². The lowest BCUT2D eigenvalue weighted by Gasteiger charge is -2.34. The molecule has 2 aliphatic rings. The normalized spacial score (nSPS) is 20.0. The maximum atomic E-state index is 13.3. The van der Waals surface area contributed by atoms with Crippen LogP contribution in [0.3, 0.4) is 0 Å². The second-order valence-corrected chi connectivity index (χ2v) is 10.1. The van der Waals surface area contributed by atoms with E-state index in [1.807, 2.05) is 17.9 Å². The van der Waals surface area contributed by atoms with E-state index in [4.69, 9.17) is 4.42 Å². The van der Waals surface area contributed by atoms with E-state index in [1.165, 1.54) is 27.6 Å². The Hall–Kier alpha value is -2.12. The van der Waals surface area contributed by atoms with Crippen LogP contribution >= 0.6 is 0 Å². The first-order valence-corrected chi connectivity index (χ1v) is 12.4. The Morgan fingerprint density at radius 2 is 1.83 bits per heavy atom. The zero-order chi connectivity index (χ0) is 21.1. The van der Waals surface area contributed by atoms with Gasteiger partial charge in [0.1, 0.15) is 0 Å². The number of piperidine rings is 1. The summed E-state index contributed by atoms with van der Waals surface area (Å²) in [7, 11) is -3.68. The van der Waals surface area contributed by atoms with Gasteiger partial charge in [0, 0.05) is 25.7 Å². The first-order chi connectivity index (χ1) is 14.5. The van der Waals surface area contributed by atoms with Crippen LogP contribution in [-0.2, 0) is 22.9 Å². The summed E-state index contributed by atoms with van der Waals surface area (Å²) >= 11 is 0. The van der Waals surface area contributed by atoms with E-state index in [-0.39, 0.29) is 22.8 Å². The monoisotopic (exact) mass is 430 g/mol. The summed E-state index contributed by atoms with van der Waals surface area (Å²) in [6.07, 6.45) is 6.28. The fraction of sp³-hybridized carbons (Fsp3) is 0.522. The molecule has 30 heavy (non-hydrogen) atoms. The lowest BCUT2D eigenvalue weighted by Crippen LogP contribution is -2.43. The van der Waals surface area contributed by atoms with E-state index in [9.17, 15) is 13.2 Å². The molecule has 1 saturated heterocycles. The minimum atomic E-state index is -3.68. The van der Waals surface area contributed by atoms with Gasteiger partial charge in [-0.25, -0.2) is 8.42 Å².